The van der Waals surface area contributed by atoms with Crippen molar-refractivity contribution in [1.82, 2.24) is 0 Å². The van der Waals surface area contributed by atoms with Crippen molar-refractivity contribution in [3.63, 3.8) is 0 Å². The fourth-order valence-corrected chi connectivity index (χ4v) is 2.93. The summed E-state index contributed by atoms with van der Waals surface area (Å²) in [6.07, 6.45) is -0.430. The quantitative estimate of drug-likeness (QED) is 0.361. The number of carboxylic acids is 1. The van der Waals surface area contributed by atoms with Gasteiger partial charge in [-0.1, -0.05) is 18.2 Å². The van der Waals surface area contributed by atoms with Crippen LogP contribution in [-0.2, 0) is 17.0 Å². The van der Waals surface area contributed by atoms with Crippen LogP contribution in [0.1, 0.15) is 11.1 Å². The molecule has 0 fully saturated rings. The summed E-state index contributed by atoms with van der Waals surface area (Å²) in [5, 5.41) is 10.6. The van der Waals surface area contributed by atoms with Gasteiger partial charge in [0.05, 0.1) is 0 Å². The van der Waals surface area contributed by atoms with Crippen molar-refractivity contribution in [2.24, 2.45) is 0 Å². The van der Waals surface area contributed by atoms with Gasteiger partial charge in [0.25, 0.3) is 0 Å². The van der Waals surface area contributed by atoms with E-state index in [1.807, 2.05) is 0 Å². The molecule has 2 aromatic carbocycles. The number of hydrogen-bond acceptors (Lipinski definition) is 3. The minimum absolute atomic E-state index is 0.321. The van der Waals surface area contributed by atoms with Gasteiger partial charge in [0, 0.05) is 28.6 Å². The lowest BCUT2D eigenvalue weighted by molar-refractivity contribution is -0.304. The summed E-state index contributed by atoms with van der Waals surface area (Å²) in [5.74, 6) is -11.9. The highest BCUT2D eigenvalue weighted by molar-refractivity contribution is 7.98. The first kappa shape index (κ1) is 17.3. The van der Waals surface area contributed by atoms with Crippen molar-refractivity contribution < 1.29 is 31.9 Å². The Bertz CT molecular complexity index is 735. The first-order valence-corrected chi connectivity index (χ1v) is 7.22. The molecular weight excluding hydrogens is 339 g/mol. The molecule has 122 valence electrons. The van der Waals surface area contributed by atoms with Gasteiger partial charge in [-0.15, -0.1) is 11.8 Å². The number of rotatable bonds is 5. The largest absolute Gasteiger partial charge is 0.550 e. The van der Waals surface area contributed by atoms with Crippen LogP contribution in [0.2, 0.25) is 0 Å². The van der Waals surface area contributed by atoms with E-state index < -0.39 is 52.8 Å². The van der Waals surface area contributed by atoms with E-state index >= 15 is 0 Å². The number of halogens is 5. The molecule has 0 amide bonds. The average molecular weight is 347 g/mol. The van der Waals surface area contributed by atoms with E-state index in [0.29, 0.717) is 10.5 Å². The zero-order valence-electron chi connectivity index (χ0n) is 11.3. The molecular formula is C15H8F5O2S-. The monoisotopic (exact) mass is 347 g/mol. The predicted molar refractivity (Wildman–Crippen MR) is 70.9 cm³/mol. The molecule has 8 heteroatoms. The zero-order valence-corrected chi connectivity index (χ0v) is 12.2. The van der Waals surface area contributed by atoms with E-state index in [9.17, 15) is 31.9 Å². The van der Waals surface area contributed by atoms with Gasteiger partial charge in [-0.25, -0.2) is 22.0 Å². The van der Waals surface area contributed by atoms with Crippen LogP contribution in [-0.4, -0.2) is 5.97 Å². The van der Waals surface area contributed by atoms with Crippen LogP contribution in [0.25, 0.3) is 0 Å². The number of carbonyl (C=O) groups excluding carboxylic acids is 1. The van der Waals surface area contributed by atoms with Crippen molar-refractivity contribution in [2.45, 2.75) is 17.1 Å². The van der Waals surface area contributed by atoms with Crippen LogP contribution in [0.4, 0.5) is 22.0 Å². The summed E-state index contributed by atoms with van der Waals surface area (Å²) < 4.78 is 66.4. The number of hydrogen-bond donors (Lipinski definition) is 0. The Morgan fingerprint density at radius 3 is 2.00 bits per heavy atom. The van der Waals surface area contributed by atoms with E-state index in [0.717, 1.165) is 11.8 Å². The molecule has 0 aliphatic heterocycles. The molecule has 0 aromatic heterocycles. The van der Waals surface area contributed by atoms with E-state index in [4.69, 9.17) is 0 Å². The molecule has 0 saturated heterocycles. The average Bonchev–Trinajstić information content (AvgIpc) is 2.52. The van der Waals surface area contributed by atoms with Crippen molar-refractivity contribution in [2.75, 3.05) is 0 Å². The lowest BCUT2D eigenvalue weighted by Gasteiger charge is -2.11. The van der Waals surface area contributed by atoms with Gasteiger partial charge in [-0.05, 0) is 11.6 Å². The smallest absolute Gasteiger partial charge is 0.200 e. The molecule has 2 nitrogen and oxygen atoms in total. The number of thioether (sulfide) groups is 1. The van der Waals surface area contributed by atoms with Crippen LogP contribution in [0.15, 0.2) is 29.2 Å². The maximum absolute atomic E-state index is 13.6. The molecule has 0 heterocycles. The lowest BCUT2D eigenvalue weighted by atomic mass is 10.1. The second-order valence-electron chi connectivity index (χ2n) is 4.49. The molecule has 2 rings (SSSR count). The van der Waals surface area contributed by atoms with Gasteiger partial charge in [-0.2, -0.15) is 0 Å². The van der Waals surface area contributed by atoms with Gasteiger partial charge in [0.1, 0.15) is 0 Å². The van der Waals surface area contributed by atoms with Gasteiger partial charge in [-0.3, -0.25) is 0 Å². The standard InChI is InChI=1S/C15H9F5O2S/c16-11-8(12(17)14(19)15(20)13(11)18)6-23-9-4-2-1-3-7(9)5-10(21)22/h1-4H,5-6H2,(H,21,22)/p-1. The van der Waals surface area contributed by atoms with Crippen LogP contribution in [0.5, 0.6) is 0 Å². The fraction of sp³-hybridized carbons (Fsp3) is 0.133. The van der Waals surface area contributed by atoms with E-state index in [1.54, 1.807) is 12.1 Å². The van der Waals surface area contributed by atoms with Crippen LogP contribution in [0, 0.1) is 29.1 Å². The number of benzene rings is 2. The van der Waals surface area contributed by atoms with Gasteiger partial charge in [0.2, 0.25) is 5.82 Å². The summed E-state index contributed by atoms with van der Waals surface area (Å²) in [5.41, 5.74) is -0.643. The van der Waals surface area contributed by atoms with Gasteiger partial charge >= 0.3 is 0 Å². The normalized spacial score (nSPS) is 10.8. The highest BCUT2D eigenvalue weighted by Gasteiger charge is 2.25. The van der Waals surface area contributed by atoms with Crippen LogP contribution >= 0.6 is 11.8 Å². The van der Waals surface area contributed by atoms with Crippen molar-refractivity contribution >= 4 is 17.7 Å². The number of carbonyl (C=O) groups is 1. The summed E-state index contributed by atoms with van der Waals surface area (Å²) in [7, 11) is 0. The predicted octanol–water partition coefficient (Wildman–Crippen LogP) is 2.97. The first-order valence-electron chi connectivity index (χ1n) is 6.23. The van der Waals surface area contributed by atoms with Gasteiger partial charge in [0.15, 0.2) is 23.3 Å². The zero-order chi connectivity index (χ0) is 17.1. The molecule has 0 aliphatic carbocycles. The second-order valence-corrected chi connectivity index (χ2v) is 5.51. The summed E-state index contributed by atoms with van der Waals surface area (Å²) in [6.45, 7) is 0. The number of carboxylic acid groups (broad SMARTS) is 1. The molecule has 0 bridgehead atoms. The molecule has 0 radical (unpaired) electrons. The fourth-order valence-electron chi connectivity index (χ4n) is 1.87. The summed E-state index contributed by atoms with van der Waals surface area (Å²) in [6, 6.07) is 6.06. The maximum Gasteiger partial charge on any atom is 0.200 e. The highest BCUT2D eigenvalue weighted by Crippen LogP contribution is 2.31. The van der Waals surface area contributed by atoms with Crippen molar-refractivity contribution in [3.05, 3.63) is 64.5 Å². The minimum atomic E-state index is -2.22. The number of aliphatic carboxylic acids is 1. The maximum atomic E-state index is 13.6. The Morgan fingerprint density at radius 1 is 0.913 bits per heavy atom. The molecule has 0 saturated carbocycles. The third kappa shape index (κ3) is 3.64. The topological polar surface area (TPSA) is 40.1 Å². The van der Waals surface area contributed by atoms with Crippen molar-refractivity contribution in [3.8, 4) is 0 Å². The van der Waals surface area contributed by atoms with Crippen LogP contribution < -0.4 is 5.11 Å². The Labute approximate surface area is 131 Å². The van der Waals surface area contributed by atoms with Crippen LogP contribution in [0.3, 0.4) is 0 Å². The Balaban J connectivity index is 2.31. The van der Waals surface area contributed by atoms with Crippen molar-refractivity contribution in [1.29, 1.82) is 0 Å². The summed E-state index contributed by atoms with van der Waals surface area (Å²) in [4.78, 5) is 11.0. The summed E-state index contributed by atoms with van der Waals surface area (Å²) >= 11 is 0.767. The van der Waals surface area contributed by atoms with E-state index in [1.165, 1.54) is 12.1 Å². The second kappa shape index (κ2) is 6.99. The Hall–Kier alpha value is -2.09. The van der Waals surface area contributed by atoms with Gasteiger partial charge < -0.3 is 9.90 Å². The molecule has 0 unspecified atom stereocenters. The Morgan fingerprint density at radius 2 is 1.43 bits per heavy atom. The third-order valence-corrected chi connectivity index (χ3v) is 4.12. The first-order chi connectivity index (χ1) is 10.8. The Kier molecular flexibility index (Phi) is 5.25. The molecule has 23 heavy (non-hydrogen) atoms. The molecule has 0 atom stereocenters. The van der Waals surface area contributed by atoms with E-state index in [-0.39, 0.29) is 0 Å². The minimum Gasteiger partial charge on any atom is -0.550 e. The molecule has 0 N–H and O–H groups in total. The lowest BCUT2D eigenvalue weighted by Crippen LogP contribution is -2.24. The third-order valence-electron chi connectivity index (χ3n) is 2.98. The SMILES string of the molecule is O=C([O-])Cc1ccccc1SCc1c(F)c(F)c(F)c(F)c1F. The molecule has 0 aliphatic rings. The highest BCUT2D eigenvalue weighted by atomic mass is 32.2. The molecule has 0 spiro atoms. The van der Waals surface area contributed by atoms with E-state index in [2.05, 4.69) is 0 Å². The molecule has 2 aromatic rings.